The summed E-state index contributed by atoms with van der Waals surface area (Å²) in [4.78, 5) is 17.3. The second-order valence-electron chi connectivity index (χ2n) is 8.17. The van der Waals surface area contributed by atoms with E-state index in [2.05, 4.69) is 15.1 Å². The highest BCUT2D eigenvalue weighted by molar-refractivity contribution is 5.76. The Bertz CT molecular complexity index is 585. The second kappa shape index (κ2) is 10.7. The molecule has 2 aliphatic heterocycles. The van der Waals surface area contributed by atoms with E-state index in [1.54, 1.807) is 6.07 Å². The van der Waals surface area contributed by atoms with Crippen LogP contribution < -0.4 is 5.32 Å². The first-order chi connectivity index (χ1) is 13.2. The fourth-order valence-corrected chi connectivity index (χ4v) is 4.33. The van der Waals surface area contributed by atoms with E-state index in [-0.39, 0.29) is 11.9 Å². The van der Waals surface area contributed by atoms with E-state index in [1.165, 1.54) is 32.1 Å². The third kappa shape index (κ3) is 7.15. The van der Waals surface area contributed by atoms with Crippen molar-refractivity contribution in [2.24, 2.45) is 0 Å². The highest BCUT2D eigenvalue weighted by atomic mass is 16.3. The van der Waals surface area contributed by atoms with E-state index in [4.69, 9.17) is 0 Å². The molecule has 2 saturated heterocycles. The third-order valence-corrected chi connectivity index (χ3v) is 5.79. The lowest BCUT2D eigenvalue weighted by Gasteiger charge is -2.33. The zero-order chi connectivity index (χ0) is 18.9. The minimum absolute atomic E-state index is 0.196. The van der Waals surface area contributed by atoms with Crippen LogP contribution in [0, 0.1) is 0 Å². The van der Waals surface area contributed by atoms with Crippen molar-refractivity contribution in [3.8, 4) is 5.75 Å². The van der Waals surface area contributed by atoms with Crippen LogP contribution in [-0.2, 0) is 11.3 Å². The Balaban J connectivity index is 1.39. The van der Waals surface area contributed by atoms with Gasteiger partial charge in [-0.05, 0) is 63.0 Å². The molecule has 3 rings (SSSR count). The van der Waals surface area contributed by atoms with Crippen molar-refractivity contribution in [1.82, 2.24) is 15.1 Å². The summed E-state index contributed by atoms with van der Waals surface area (Å²) in [5.41, 5.74) is 1.12. The van der Waals surface area contributed by atoms with Crippen LogP contribution in [0.1, 0.15) is 56.9 Å². The summed E-state index contributed by atoms with van der Waals surface area (Å²) in [6.45, 7) is 5.96. The van der Waals surface area contributed by atoms with Crippen LogP contribution in [-0.4, -0.2) is 59.6 Å². The third-order valence-electron chi connectivity index (χ3n) is 5.79. The first-order valence-corrected chi connectivity index (χ1v) is 10.7. The summed E-state index contributed by atoms with van der Waals surface area (Å²) in [5.74, 6) is 0.514. The van der Waals surface area contributed by atoms with Crippen molar-refractivity contribution >= 4 is 5.91 Å². The number of amides is 1. The van der Waals surface area contributed by atoms with Gasteiger partial charge in [-0.1, -0.05) is 31.4 Å². The van der Waals surface area contributed by atoms with Gasteiger partial charge >= 0.3 is 0 Å². The number of phenols is 1. The number of carbonyl (C=O) groups excluding carboxylic acids is 1. The Labute approximate surface area is 163 Å². The molecule has 0 spiro atoms. The molecule has 27 heavy (non-hydrogen) atoms. The molecule has 2 heterocycles. The molecule has 2 aliphatic rings. The molecular weight excluding hydrogens is 338 g/mol. The number of likely N-dealkylation sites (tertiary alicyclic amines) is 2. The van der Waals surface area contributed by atoms with Crippen LogP contribution in [0.25, 0.3) is 0 Å². The normalized spacial score (nSPS) is 22.7. The minimum Gasteiger partial charge on any atom is -0.508 e. The van der Waals surface area contributed by atoms with Gasteiger partial charge in [-0.3, -0.25) is 9.69 Å². The van der Waals surface area contributed by atoms with Crippen molar-refractivity contribution in [3.63, 3.8) is 0 Å². The molecule has 5 heteroatoms. The molecule has 1 amide bonds. The molecule has 2 fully saturated rings. The lowest BCUT2D eigenvalue weighted by Crippen LogP contribution is -2.47. The molecule has 0 radical (unpaired) electrons. The number of piperidine rings is 1. The molecule has 2 N–H and O–H groups in total. The molecule has 0 unspecified atom stereocenters. The number of nitrogens with one attached hydrogen (secondary N) is 1. The molecule has 1 aromatic carbocycles. The summed E-state index contributed by atoms with van der Waals surface area (Å²) < 4.78 is 0. The maximum atomic E-state index is 12.4. The summed E-state index contributed by atoms with van der Waals surface area (Å²) in [7, 11) is 0. The Kier molecular flexibility index (Phi) is 7.96. The Hall–Kier alpha value is -1.59. The zero-order valence-corrected chi connectivity index (χ0v) is 16.5. The quantitative estimate of drug-likeness (QED) is 0.804. The second-order valence-corrected chi connectivity index (χ2v) is 8.17. The van der Waals surface area contributed by atoms with Crippen molar-refractivity contribution in [2.75, 3.05) is 32.7 Å². The smallest absolute Gasteiger partial charge is 0.221 e. The zero-order valence-electron chi connectivity index (χ0n) is 16.5. The number of carbonyl (C=O) groups is 1. The fraction of sp³-hybridized carbons (Fsp3) is 0.682. The average molecular weight is 374 g/mol. The summed E-state index contributed by atoms with van der Waals surface area (Å²) in [6.07, 6.45) is 9.36. The van der Waals surface area contributed by atoms with Gasteiger partial charge < -0.3 is 15.3 Å². The Morgan fingerprint density at radius 2 is 1.78 bits per heavy atom. The van der Waals surface area contributed by atoms with Crippen LogP contribution in [0.15, 0.2) is 24.3 Å². The van der Waals surface area contributed by atoms with E-state index < -0.39 is 0 Å². The first-order valence-electron chi connectivity index (χ1n) is 10.7. The summed E-state index contributed by atoms with van der Waals surface area (Å²) in [6, 6.07) is 7.71. The van der Waals surface area contributed by atoms with Crippen LogP contribution >= 0.6 is 0 Å². The van der Waals surface area contributed by atoms with Crippen molar-refractivity contribution in [3.05, 3.63) is 29.8 Å². The van der Waals surface area contributed by atoms with Crippen LogP contribution in [0.3, 0.4) is 0 Å². The van der Waals surface area contributed by atoms with Gasteiger partial charge in [0.1, 0.15) is 5.75 Å². The average Bonchev–Trinajstić information content (AvgIpc) is 2.61. The fourth-order valence-electron chi connectivity index (χ4n) is 4.33. The molecule has 0 aromatic heterocycles. The minimum atomic E-state index is 0.196. The number of benzene rings is 1. The predicted molar refractivity (Wildman–Crippen MR) is 109 cm³/mol. The highest BCUT2D eigenvalue weighted by Crippen LogP contribution is 2.17. The van der Waals surface area contributed by atoms with E-state index >= 15 is 0 Å². The lowest BCUT2D eigenvalue weighted by atomic mass is 10.0. The Morgan fingerprint density at radius 3 is 2.56 bits per heavy atom. The monoisotopic (exact) mass is 373 g/mol. The number of aromatic hydroxyl groups is 1. The van der Waals surface area contributed by atoms with Gasteiger partial charge in [-0.15, -0.1) is 0 Å². The van der Waals surface area contributed by atoms with Gasteiger partial charge in [0.25, 0.3) is 0 Å². The van der Waals surface area contributed by atoms with Gasteiger partial charge in [-0.25, -0.2) is 0 Å². The van der Waals surface area contributed by atoms with Gasteiger partial charge in [-0.2, -0.15) is 0 Å². The largest absolute Gasteiger partial charge is 0.508 e. The molecule has 150 valence electrons. The molecule has 0 aliphatic carbocycles. The number of nitrogens with zero attached hydrogens (tertiary/aromatic N) is 2. The number of phenolic OH excluding ortho intramolecular Hbond substituents is 1. The number of hydrogen-bond donors (Lipinski definition) is 2. The molecule has 5 nitrogen and oxygen atoms in total. The van der Waals surface area contributed by atoms with Crippen molar-refractivity contribution in [1.29, 1.82) is 0 Å². The van der Waals surface area contributed by atoms with E-state index in [0.717, 1.165) is 57.7 Å². The number of rotatable bonds is 6. The summed E-state index contributed by atoms with van der Waals surface area (Å²) >= 11 is 0. The van der Waals surface area contributed by atoms with E-state index in [9.17, 15) is 9.90 Å². The first kappa shape index (κ1) is 20.2. The van der Waals surface area contributed by atoms with Crippen LogP contribution in [0.2, 0.25) is 0 Å². The molecule has 0 bridgehead atoms. The van der Waals surface area contributed by atoms with Crippen molar-refractivity contribution < 1.29 is 9.90 Å². The lowest BCUT2D eigenvalue weighted by molar-refractivity contribution is -0.122. The molecule has 0 saturated carbocycles. The van der Waals surface area contributed by atoms with Gasteiger partial charge in [0, 0.05) is 32.1 Å². The standard InChI is InChI=1S/C22H35N3O2/c26-21-10-6-8-19(16-21)17-25-14-7-9-20(18-25)23-22(27)11-15-24-12-4-2-1-3-5-13-24/h6,8,10,16,20,26H,1-5,7,9,11-15,17-18H2,(H,23,27)/t20-/m0/s1. The predicted octanol–water partition coefficient (Wildman–Crippen LogP) is 3.13. The van der Waals surface area contributed by atoms with E-state index in [0.29, 0.717) is 12.2 Å². The van der Waals surface area contributed by atoms with Crippen molar-refractivity contribution in [2.45, 2.75) is 64.0 Å². The maximum Gasteiger partial charge on any atom is 0.221 e. The number of hydrogen-bond acceptors (Lipinski definition) is 4. The molecule has 1 aromatic rings. The van der Waals surface area contributed by atoms with Crippen LogP contribution in [0.4, 0.5) is 0 Å². The van der Waals surface area contributed by atoms with E-state index in [1.807, 2.05) is 18.2 Å². The molecule has 1 atom stereocenters. The maximum absolute atomic E-state index is 12.4. The topological polar surface area (TPSA) is 55.8 Å². The highest BCUT2D eigenvalue weighted by Gasteiger charge is 2.21. The Morgan fingerprint density at radius 1 is 1.04 bits per heavy atom. The SMILES string of the molecule is O=C(CCN1CCCCCCC1)N[C@H]1CCCN(Cc2cccc(O)c2)C1. The van der Waals surface area contributed by atoms with Gasteiger partial charge in [0.2, 0.25) is 5.91 Å². The molecular formula is C22H35N3O2. The van der Waals surface area contributed by atoms with Crippen LogP contribution in [0.5, 0.6) is 5.75 Å². The summed E-state index contributed by atoms with van der Waals surface area (Å²) in [5, 5.41) is 12.9. The van der Waals surface area contributed by atoms with Gasteiger partial charge in [0.05, 0.1) is 0 Å². The van der Waals surface area contributed by atoms with Gasteiger partial charge in [0.15, 0.2) is 0 Å².